The number of nitrogens with zero attached hydrogens (tertiary/aromatic N) is 2. The number of halogens is 2. The summed E-state index contributed by atoms with van der Waals surface area (Å²) in [6, 6.07) is 9.69. The third-order valence-corrected chi connectivity index (χ3v) is 3.69. The number of phenols is 1. The summed E-state index contributed by atoms with van der Waals surface area (Å²) in [4.78, 5) is 22.5. The maximum absolute atomic E-state index is 12.5. The van der Waals surface area contributed by atoms with Crippen molar-refractivity contribution in [2.45, 2.75) is 0 Å². The smallest absolute Gasteiger partial charge is 0.311 e. The van der Waals surface area contributed by atoms with E-state index >= 15 is 0 Å². The third-order valence-electron chi connectivity index (χ3n) is 3.06. The van der Waals surface area contributed by atoms with Gasteiger partial charge in [-0.3, -0.25) is 14.9 Å². The molecule has 2 aromatic rings. The predicted molar refractivity (Wildman–Crippen MR) is 89.1 cm³/mol. The number of Topliss-reactive ketones (excluding diaryl/α,β-unsaturated/α-hetero) is 1. The van der Waals surface area contributed by atoms with Crippen LogP contribution < -0.4 is 0 Å². The highest BCUT2D eigenvalue weighted by Gasteiger charge is 2.20. The molecule has 0 saturated heterocycles. The molecule has 0 aliphatic heterocycles. The lowest BCUT2D eigenvalue weighted by Crippen LogP contribution is -2.04. The topological polar surface area (TPSA) is 104 Å². The van der Waals surface area contributed by atoms with E-state index < -0.39 is 22.1 Å². The Kier molecular flexibility index (Phi) is 5.19. The molecule has 0 amide bonds. The summed E-state index contributed by atoms with van der Waals surface area (Å²) < 4.78 is 0. The number of allylic oxidation sites excluding steroid dienone is 1. The molecule has 0 heterocycles. The van der Waals surface area contributed by atoms with Crippen molar-refractivity contribution >= 4 is 40.7 Å². The summed E-state index contributed by atoms with van der Waals surface area (Å²) in [6.07, 6.45) is 1.16. The Balaban J connectivity index is 2.51. The van der Waals surface area contributed by atoms with Gasteiger partial charge < -0.3 is 5.11 Å². The van der Waals surface area contributed by atoms with Gasteiger partial charge in [-0.2, -0.15) is 5.26 Å². The van der Waals surface area contributed by atoms with Crippen molar-refractivity contribution in [3.05, 3.63) is 73.3 Å². The molecule has 0 unspecified atom stereocenters. The summed E-state index contributed by atoms with van der Waals surface area (Å²) in [5.41, 5.74) is -0.663. The zero-order valence-corrected chi connectivity index (χ0v) is 13.4. The van der Waals surface area contributed by atoms with E-state index in [1.807, 2.05) is 0 Å². The van der Waals surface area contributed by atoms with Gasteiger partial charge in [0.2, 0.25) is 5.78 Å². The normalized spacial score (nSPS) is 11.0. The Morgan fingerprint density at radius 2 is 1.88 bits per heavy atom. The SMILES string of the molecule is N#C/C(=C\c1ccc(O)c([N+](=O)[O-])c1)C(=O)c1c(Cl)cccc1Cl. The molecule has 120 valence electrons. The molecular formula is C16H8Cl2N2O4. The van der Waals surface area contributed by atoms with Crippen LogP contribution in [0.25, 0.3) is 6.08 Å². The first-order valence-corrected chi connectivity index (χ1v) is 7.18. The number of phenolic OH excluding ortho intramolecular Hbond substituents is 1. The van der Waals surface area contributed by atoms with Crippen LogP contribution in [0.15, 0.2) is 42.0 Å². The van der Waals surface area contributed by atoms with Gasteiger partial charge in [0.05, 0.1) is 20.5 Å². The molecule has 0 bridgehead atoms. The zero-order valence-electron chi connectivity index (χ0n) is 11.9. The molecular weight excluding hydrogens is 355 g/mol. The van der Waals surface area contributed by atoms with Gasteiger partial charge in [0.25, 0.3) is 0 Å². The Bertz CT molecular complexity index is 897. The van der Waals surface area contributed by atoms with Gasteiger partial charge in [0.15, 0.2) is 5.75 Å². The van der Waals surface area contributed by atoms with Crippen molar-refractivity contribution in [2.75, 3.05) is 0 Å². The summed E-state index contributed by atoms with van der Waals surface area (Å²) in [6.45, 7) is 0. The molecule has 24 heavy (non-hydrogen) atoms. The minimum atomic E-state index is -0.772. The molecule has 0 aliphatic carbocycles. The Morgan fingerprint density at radius 3 is 2.42 bits per heavy atom. The van der Waals surface area contributed by atoms with Crippen LogP contribution >= 0.6 is 23.2 Å². The number of ketones is 1. The highest BCUT2D eigenvalue weighted by atomic mass is 35.5. The fraction of sp³-hybridized carbons (Fsp3) is 0. The molecule has 0 fully saturated rings. The van der Waals surface area contributed by atoms with E-state index in [0.29, 0.717) is 0 Å². The number of nitro benzene ring substituents is 1. The van der Waals surface area contributed by atoms with Crippen molar-refractivity contribution in [1.29, 1.82) is 5.26 Å². The van der Waals surface area contributed by atoms with Crippen LogP contribution in [0.2, 0.25) is 10.0 Å². The van der Waals surface area contributed by atoms with E-state index in [0.717, 1.165) is 18.2 Å². The quantitative estimate of drug-likeness (QED) is 0.285. The van der Waals surface area contributed by atoms with Gasteiger partial charge in [-0.15, -0.1) is 0 Å². The van der Waals surface area contributed by atoms with E-state index in [9.17, 15) is 25.3 Å². The second-order valence-electron chi connectivity index (χ2n) is 4.60. The van der Waals surface area contributed by atoms with Crippen LogP contribution in [-0.4, -0.2) is 15.8 Å². The van der Waals surface area contributed by atoms with Gasteiger partial charge in [-0.25, -0.2) is 0 Å². The number of nitro groups is 1. The second kappa shape index (κ2) is 7.13. The molecule has 2 rings (SSSR count). The van der Waals surface area contributed by atoms with Crippen LogP contribution in [0.1, 0.15) is 15.9 Å². The van der Waals surface area contributed by atoms with Gasteiger partial charge in [-0.05, 0) is 29.8 Å². The molecule has 2 aromatic carbocycles. The van der Waals surface area contributed by atoms with Gasteiger partial charge >= 0.3 is 5.69 Å². The molecule has 0 aromatic heterocycles. The summed E-state index contributed by atoms with van der Waals surface area (Å²) in [7, 11) is 0. The van der Waals surface area contributed by atoms with Crippen LogP contribution in [-0.2, 0) is 0 Å². The molecule has 8 heteroatoms. The molecule has 0 spiro atoms. The van der Waals surface area contributed by atoms with Crippen LogP contribution in [0.3, 0.4) is 0 Å². The van der Waals surface area contributed by atoms with Crippen molar-refractivity contribution in [1.82, 2.24) is 0 Å². The van der Waals surface area contributed by atoms with E-state index in [2.05, 4.69) is 0 Å². The number of nitriles is 1. The molecule has 0 aliphatic rings. The number of carbonyl (C=O) groups is 1. The Morgan fingerprint density at radius 1 is 1.25 bits per heavy atom. The number of carbonyl (C=O) groups excluding carboxylic acids is 1. The summed E-state index contributed by atoms with van der Waals surface area (Å²) in [5, 5.41) is 29.7. The molecule has 0 atom stereocenters. The van der Waals surface area contributed by atoms with Crippen molar-refractivity contribution in [3.63, 3.8) is 0 Å². The molecule has 0 saturated carbocycles. The highest BCUT2D eigenvalue weighted by molar-refractivity contribution is 6.41. The Labute approximate surface area is 146 Å². The fourth-order valence-corrected chi connectivity index (χ4v) is 2.51. The van der Waals surface area contributed by atoms with Crippen LogP contribution in [0.5, 0.6) is 5.75 Å². The van der Waals surface area contributed by atoms with E-state index in [1.54, 1.807) is 12.1 Å². The first-order chi connectivity index (χ1) is 11.3. The van der Waals surface area contributed by atoms with Crippen molar-refractivity contribution in [3.8, 4) is 11.8 Å². The van der Waals surface area contributed by atoms with Crippen LogP contribution in [0, 0.1) is 21.4 Å². The maximum Gasteiger partial charge on any atom is 0.311 e. The molecule has 1 N–H and O–H groups in total. The monoisotopic (exact) mass is 362 g/mol. The highest BCUT2D eigenvalue weighted by Crippen LogP contribution is 2.29. The molecule has 0 radical (unpaired) electrons. The maximum atomic E-state index is 12.5. The average molecular weight is 363 g/mol. The van der Waals surface area contributed by atoms with Gasteiger partial charge in [0.1, 0.15) is 11.6 Å². The summed E-state index contributed by atoms with van der Waals surface area (Å²) in [5.74, 6) is -1.22. The fourth-order valence-electron chi connectivity index (χ4n) is 1.94. The minimum absolute atomic E-state index is 0.0260. The number of rotatable bonds is 4. The van der Waals surface area contributed by atoms with Crippen LogP contribution in [0.4, 0.5) is 5.69 Å². The van der Waals surface area contributed by atoms with Gasteiger partial charge in [-0.1, -0.05) is 35.3 Å². The standard InChI is InChI=1S/C16H8Cl2N2O4/c17-11-2-1-3-12(18)15(11)16(22)10(8-19)6-9-4-5-14(21)13(7-9)20(23)24/h1-7,21H/b10-6+. The van der Waals surface area contributed by atoms with E-state index in [-0.39, 0.29) is 26.7 Å². The summed E-state index contributed by atoms with van der Waals surface area (Å²) >= 11 is 11.9. The minimum Gasteiger partial charge on any atom is -0.502 e. The lowest BCUT2D eigenvalue weighted by molar-refractivity contribution is -0.385. The average Bonchev–Trinajstić information content (AvgIpc) is 2.53. The largest absolute Gasteiger partial charge is 0.502 e. The third kappa shape index (κ3) is 3.54. The van der Waals surface area contributed by atoms with Gasteiger partial charge in [0, 0.05) is 6.07 Å². The lowest BCUT2D eigenvalue weighted by Gasteiger charge is -2.05. The molecule has 6 nitrogen and oxygen atoms in total. The zero-order chi connectivity index (χ0) is 17.9. The number of hydrogen-bond acceptors (Lipinski definition) is 5. The number of benzene rings is 2. The van der Waals surface area contributed by atoms with Crippen molar-refractivity contribution in [2.24, 2.45) is 0 Å². The second-order valence-corrected chi connectivity index (χ2v) is 5.42. The number of aromatic hydroxyl groups is 1. The van der Waals surface area contributed by atoms with Crippen molar-refractivity contribution < 1.29 is 14.8 Å². The first kappa shape index (κ1) is 17.5. The Hall–Kier alpha value is -2.88. The van der Waals surface area contributed by atoms with E-state index in [1.165, 1.54) is 18.2 Å². The van der Waals surface area contributed by atoms with E-state index in [4.69, 9.17) is 23.2 Å². The lowest BCUT2D eigenvalue weighted by atomic mass is 10.0. The predicted octanol–water partition coefficient (Wildman–Crippen LogP) is 4.40. The number of hydrogen-bond donors (Lipinski definition) is 1. The first-order valence-electron chi connectivity index (χ1n) is 6.43.